The second-order valence-corrected chi connectivity index (χ2v) is 8.11. The maximum absolute atomic E-state index is 12.3. The molecule has 0 fully saturated rings. The molecule has 1 aromatic carbocycles. The maximum atomic E-state index is 12.3. The van der Waals surface area contributed by atoms with Crippen LogP contribution >= 0.6 is 11.3 Å². The largest absolute Gasteiger partial charge is 0.337 e. The Morgan fingerprint density at radius 2 is 2.23 bits per heavy atom. The molecule has 0 N–H and O–H groups in total. The lowest BCUT2D eigenvalue weighted by atomic mass is 10.1. The average molecular weight is 333 g/mol. The van der Waals surface area contributed by atoms with Crippen LogP contribution in [0.1, 0.15) is 21.6 Å². The monoisotopic (exact) mass is 333 g/mol. The predicted molar refractivity (Wildman–Crippen MR) is 91.3 cm³/mol. The van der Waals surface area contributed by atoms with Crippen LogP contribution in [-0.4, -0.2) is 27.3 Å². The molecule has 0 saturated carbocycles. The van der Waals surface area contributed by atoms with Crippen molar-refractivity contribution >= 4 is 28.0 Å². The number of fused-ring (bicyclic) bond motifs is 1. The van der Waals surface area contributed by atoms with Gasteiger partial charge in [0.25, 0.3) is 0 Å². The number of carbonyl (C=O) groups is 1. The average Bonchev–Trinajstić information content (AvgIpc) is 2.94. The van der Waals surface area contributed by atoms with Crippen LogP contribution in [0.25, 0.3) is 0 Å². The fourth-order valence-electron chi connectivity index (χ4n) is 2.73. The van der Waals surface area contributed by atoms with Crippen molar-refractivity contribution in [3.8, 4) is 0 Å². The molecule has 116 valence electrons. The molecule has 2 heterocycles. The van der Waals surface area contributed by atoms with Crippen molar-refractivity contribution in [2.24, 2.45) is 0 Å². The van der Waals surface area contributed by atoms with Gasteiger partial charge in [0.1, 0.15) is 5.75 Å². The van der Waals surface area contributed by atoms with Gasteiger partial charge in [-0.25, -0.2) is 0 Å². The predicted octanol–water partition coefficient (Wildman–Crippen LogP) is 2.89. The third-order valence-corrected chi connectivity index (χ3v) is 6.10. The molecule has 1 aromatic heterocycles. The smallest absolute Gasteiger partial charge is 0.235 e. The summed E-state index contributed by atoms with van der Waals surface area (Å²) in [5.41, 5.74) is 3.43. The van der Waals surface area contributed by atoms with Crippen LogP contribution in [0.4, 0.5) is 0 Å². The van der Waals surface area contributed by atoms with E-state index in [0.717, 1.165) is 24.1 Å². The van der Waals surface area contributed by atoms with E-state index >= 15 is 0 Å². The fraction of sp³-hybridized carbons (Fsp3) is 0.353. The standard InChI is InChI=1S/C17H19NO2S2/c1-13-3-2-4-14(9-13)11-22(20)12-17(19)18-7-5-16-15(10-18)6-8-21-16/h2-4,6,8-9H,5,7,10-12H2,1H3. The van der Waals surface area contributed by atoms with Gasteiger partial charge in [-0.15, -0.1) is 11.3 Å². The first kappa shape index (κ1) is 15.4. The topological polar surface area (TPSA) is 37.4 Å². The zero-order chi connectivity index (χ0) is 15.5. The third-order valence-electron chi connectivity index (χ3n) is 3.85. The first-order valence-electron chi connectivity index (χ1n) is 7.35. The van der Waals surface area contributed by atoms with Crippen molar-refractivity contribution in [1.29, 1.82) is 0 Å². The second-order valence-electron chi connectivity index (χ2n) is 5.65. The Hall–Kier alpha value is -1.46. The van der Waals surface area contributed by atoms with Crippen molar-refractivity contribution in [2.75, 3.05) is 12.3 Å². The third kappa shape index (κ3) is 3.65. The van der Waals surface area contributed by atoms with E-state index in [4.69, 9.17) is 0 Å². The number of hydrogen-bond donors (Lipinski definition) is 0. The molecule has 3 rings (SSSR count). The van der Waals surface area contributed by atoms with Crippen LogP contribution < -0.4 is 0 Å². The lowest BCUT2D eigenvalue weighted by Crippen LogP contribution is -2.38. The summed E-state index contributed by atoms with van der Waals surface area (Å²) in [6.07, 6.45) is 0.920. The Bertz CT molecular complexity index is 708. The zero-order valence-corrected chi connectivity index (χ0v) is 14.2. The van der Waals surface area contributed by atoms with E-state index in [1.165, 1.54) is 10.4 Å². The molecule has 1 unspecified atom stereocenters. The molecule has 1 atom stereocenters. The Morgan fingerprint density at radius 3 is 3.05 bits per heavy atom. The minimum absolute atomic E-state index is 0.00263. The van der Waals surface area contributed by atoms with Gasteiger partial charge in [-0.3, -0.25) is 9.00 Å². The fourth-order valence-corrected chi connectivity index (χ4v) is 4.73. The molecule has 1 aliphatic heterocycles. The van der Waals surface area contributed by atoms with Crippen LogP contribution in [0.15, 0.2) is 35.7 Å². The van der Waals surface area contributed by atoms with Crippen LogP contribution in [0.3, 0.4) is 0 Å². The molecule has 0 saturated heterocycles. The molecule has 5 heteroatoms. The van der Waals surface area contributed by atoms with Crippen molar-refractivity contribution < 1.29 is 9.00 Å². The SMILES string of the molecule is Cc1cccc(CS(=O)CC(=O)N2CCc3sccc3C2)c1. The summed E-state index contributed by atoms with van der Waals surface area (Å²) in [4.78, 5) is 15.5. The molecule has 3 nitrogen and oxygen atoms in total. The van der Waals surface area contributed by atoms with E-state index < -0.39 is 10.8 Å². The summed E-state index contributed by atoms with van der Waals surface area (Å²) in [5, 5.41) is 2.08. The molecule has 22 heavy (non-hydrogen) atoms. The molecular formula is C17H19NO2S2. The molecule has 0 aliphatic carbocycles. The number of hydrogen-bond acceptors (Lipinski definition) is 3. The van der Waals surface area contributed by atoms with Crippen molar-refractivity contribution in [1.82, 2.24) is 4.90 Å². The number of rotatable bonds is 4. The van der Waals surface area contributed by atoms with E-state index in [2.05, 4.69) is 11.4 Å². The van der Waals surface area contributed by atoms with Crippen LogP contribution in [0, 0.1) is 6.92 Å². The number of benzene rings is 1. The van der Waals surface area contributed by atoms with E-state index in [1.807, 2.05) is 36.1 Å². The van der Waals surface area contributed by atoms with Crippen LogP contribution in [-0.2, 0) is 34.3 Å². The maximum Gasteiger partial charge on any atom is 0.235 e. The van der Waals surface area contributed by atoms with Crippen molar-refractivity contribution in [3.63, 3.8) is 0 Å². The van der Waals surface area contributed by atoms with E-state index in [-0.39, 0.29) is 11.7 Å². The quantitative estimate of drug-likeness (QED) is 0.863. The van der Waals surface area contributed by atoms with Gasteiger partial charge >= 0.3 is 0 Å². The minimum Gasteiger partial charge on any atom is -0.337 e. The molecular weight excluding hydrogens is 314 g/mol. The Labute approximate surface area is 137 Å². The van der Waals surface area contributed by atoms with Crippen LogP contribution in [0.5, 0.6) is 0 Å². The van der Waals surface area contributed by atoms with Gasteiger partial charge in [-0.05, 0) is 35.9 Å². The normalized spacial score (nSPS) is 15.4. The van der Waals surface area contributed by atoms with Gasteiger partial charge in [0.05, 0.1) is 0 Å². The summed E-state index contributed by atoms with van der Waals surface area (Å²) in [6.45, 7) is 3.43. The van der Waals surface area contributed by atoms with Gasteiger partial charge in [0.15, 0.2) is 0 Å². The van der Waals surface area contributed by atoms with Gasteiger partial charge in [0.2, 0.25) is 5.91 Å². The highest BCUT2D eigenvalue weighted by Crippen LogP contribution is 2.24. The number of amides is 1. The first-order valence-corrected chi connectivity index (χ1v) is 9.72. The highest BCUT2D eigenvalue weighted by molar-refractivity contribution is 7.84. The first-order chi connectivity index (χ1) is 10.6. The summed E-state index contributed by atoms with van der Waals surface area (Å²) in [7, 11) is -1.15. The summed E-state index contributed by atoms with van der Waals surface area (Å²) < 4.78 is 12.2. The van der Waals surface area contributed by atoms with Crippen molar-refractivity contribution in [3.05, 3.63) is 57.3 Å². The second kappa shape index (κ2) is 6.75. The zero-order valence-electron chi connectivity index (χ0n) is 12.6. The highest BCUT2D eigenvalue weighted by Gasteiger charge is 2.22. The summed E-state index contributed by atoms with van der Waals surface area (Å²) >= 11 is 1.76. The molecule has 1 amide bonds. The lowest BCUT2D eigenvalue weighted by Gasteiger charge is -2.26. The van der Waals surface area contributed by atoms with Crippen LogP contribution in [0.2, 0.25) is 0 Å². The van der Waals surface area contributed by atoms with E-state index in [0.29, 0.717) is 12.3 Å². The molecule has 1 aliphatic rings. The van der Waals surface area contributed by atoms with Gasteiger partial charge in [-0.1, -0.05) is 29.8 Å². The highest BCUT2D eigenvalue weighted by atomic mass is 32.2. The summed E-state index contributed by atoms with van der Waals surface area (Å²) in [5.74, 6) is 0.570. The van der Waals surface area contributed by atoms with Gasteiger partial charge in [-0.2, -0.15) is 0 Å². The minimum atomic E-state index is -1.15. The number of thiophene rings is 1. The molecule has 0 bridgehead atoms. The van der Waals surface area contributed by atoms with Gasteiger partial charge < -0.3 is 4.90 Å². The number of nitrogens with zero attached hydrogens (tertiary/aromatic N) is 1. The Balaban J connectivity index is 1.57. The Kier molecular flexibility index (Phi) is 4.74. The molecule has 0 radical (unpaired) electrons. The Morgan fingerprint density at radius 1 is 1.36 bits per heavy atom. The molecule has 2 aromatic rings. The van der Waals surface area contributed by atoms with Gasteiger partial charge in [0, 0.05) is 34.5 Å². The summed E-state index contributed by atoms with van der Waals surface area (Å²) in [6, 6.07) is 10.1. The van der Waals surface area contributed by atoms with E-state index in [1.54, 1.807) is 11.3 Å². The lowest BCUT2D eigenvalue weighted by molar-refractivity contribution is -0.129. The molecule has 0 spiro atoms. The van der Waals surface area contributed by atoms with E-state index in [9.17, 15) is 9.00 Å². The van der Waals surface area contributed by atoms with Crippen molar-refractivity contribution in [2.45, 2.75) is 25.6 Å². The number of aryl methyl sites for hydroxylation is 1. The number of carbonyl (C=O) groups excluding carboxylic acids is 1.